The van der Waals surface area contributed by atoms with Crippen molar-refractivity contribution in [2.75, 3.05) is 18.0 Å². The van der Waals surface area contributed by atoms with Crippen LogP contribution in [0.5, 0.6) is 0 Å². The predicted octanol–water partition coefficient (Wildman–Crippen LogP) is 8.34. The summed E-state index contributed by atoms with van der Waals surface area (Å²) < 4.78 is 34.8. The summed E-state index contributed by atoms with van der Waals surface area (Å²) in [5.41, 5.74) is 9.55. The monoisotopic (exact) mass is 586 g/mol. The van der Waals surface area contributed by atoms with Crippen molar-refractivity contribution in [1.82, 2.24) is 4.81 Å². The molecule has 1 aromatic heterocycles. The van der Waals surface area contributed by atoms with Crippen molar-refractivity contribution in [1.29, 1.82) is 0 Å². The fourth-order valence-electron chi connectivity index (χ4n) is 7.41. The fourth-order valence-corrected chi connectivity index (χ4v) is 7.41. The number of amidine groups is 1. The van der Waals surface area contributed by atoms with Crippen LogP contribution in [0.15, 0.2) is 102 Å². The third-order valence-electron chi connectivity index (χ3n) is 9.41. The maximum atomic E-state index is 16.8. The summed E-state index contributed by atoms with van der Waals surface area (Å²) in [6.45, 7) is 8.33. The van der Waals surface area contributed by atoms with Crippen LogP contribution < -0.4 is 9.38 Å². The number of fused-ring (bicyclic) bond motifs is 6. The number of halogens is 2. The van der Waals surface area contributed by atoms with Crippen LogP contribution in [-0.2, 0) is 0 Å². The molecule has 7 rings (SSSR count). The molecular formula is C37H37BF2N4. The summed E-state index contributed by atoms with van der Waals surface area (Å²) in [5.74, 6) is 0.389. The zero-order valence-electron chi connectivity index (χ0n) is 25.9. The van der Waals surface area contributed by atoms with Gasteiger partial charge in [0.15, 0.2) is 0 Å². The summed E-state index contributed by atoms with van der Waals surface area (Å²) in [6.07, 6.45) is 9.78. The molecule has 4 nitrogen and oxygen atoms in total. The topological polar surface area (TPSA) is 22.7 Å². The van der Waals surface area contributed by atoms with Gasteiger partial charge in [0, 0.05) is 48.3 Å². The Kier molecular flexibility index (Phi) is 6.80. The molecule has 0 N–H and O–H groups in total. The standard InChI is InChI=1S/C37H37BF2N4/c1-6-42(7-2)32-14-8-27(9-15-32)28-10-16-33-29(22-28)12-18-35-41-36-19-13-30-23-31(37-25(4)20-24(3)21-26(37)5)11-17-34(30)44(36)38(39,40)43(33)35/h8-23,29,33H,6-7H2,1-5H3. The molecule has 222 valence electrons. The molecule has 1 aliphatic carbocycles. The maximum absolute atomic E-state index is 16.8. The first-order valence-electron chi connectivity index (χ1n) is 15.6. The molecule has 3 aliphatic rings. The number of nitrogens with zero attached hydrogens (tertiary/aromatic N) is 4. The van der Waals surface area contributed by atoms with Crippen LogP contribution in [-0.4, -0.2) is 36.7 Å². The van der Waals surface area contributed by atoms with Crippen LogP contribution >= 0.6 is 0 Å². The van der Waals surface area contributed by atoms with Gasteiger partial charge in [-0.25, -0.2) is 0 Å². The number of allylic oxidation sites excluding steroid dienone is 2. The molecule has 0 radical (unpaired) electrons. The summed E-state index contributed by atoms with van der Waals surface area (Å²) in [5, 5.41) is 0.768. The average molecular weight is 587 g/mol. The fraction of sp³-hybridized carbons (Fsp3) is 0.243. The minimum atomic E-state index is -4.18. The molecule has 4 aromatic rings. The van der Waals surface area contributed by atoms with E-state index in [0.717, 1.165) is 45.2 Å². The van der Waals surface area contributed by atoms with Gasteiger partial charge in [-0.15, -0.1) is 0 Å². The van der Waals surface area contributed by atoms with Crippen LogP contribution in [0.4, 0.5) is 20.1 Å². The van der Waals surface area contributed by atoms with Gasteiger partial charge < -0.3 is 22.8 Å². The van der Waals surface area contributed by atoms with E-state index in [2.05, 4.69) is 82.0 Å². The maximum Gasteiger partial charge on any atom is 0.638 e. The van der Waals surface area contributed by atoms with E-state index in [4.69, 9.17) is 4.99 Å². The van der Waals surface area contributed by atoms with Crippen molar-refractivity contribution < 1.29 is 13.1 Å². The number of aromatic nitrogens is 1. The minimum absolute atomic E-state index is 0.194. The van der Waals surface area contributed by atoms with Gasteiger partial charge in [0.05, 0.1) is 5.52 Å². The highest BCUT2D eigenvalue weighted by Gasteiger charge is 2.54. The Hall–Kier alpha value is -4.52. The number of benzene rings is 3. The normalized spacial score (nSPS) is 19.7. The Labute approximate surface area is 258 Å². The van der Waals surface area contributed by atoms with Gasteiger partial charge in [-0.3, -0.25) is 0 Å². The van der Waals surface area contributed by atoms with Gasteiger partial charge in [-0.05, 0) is 103 Å². The van der Waals surface area contributed by atoms with Crippen LogP contribution in [0.3, 0.4) is 0 Å². The van der Waals surface area contributed by atoms with E-state index in [9.17, 15) is 0 Å². The Bertz CT molecular complexity index is 1900. The number of anilines is 1. The Balaban J connectivity index is 1.24. The van der Waals surface area contributed by atoms with E-state index >= 15 is 8.63 Å². The molecule has 3 heterocycles. The third kappa shape index (κ3) is 4.48. The van der Waals surface area contributed by atoms with Gasteiger partial charge in [-0.1, -0.05) is 60.2 Å². The van der Waals surface area contributed by atoms with E-state index in [1.54, 1.807) is 12.1 Å². The summed E-state index contributed by atoms with van der Waals surface area (Å²) in [6, 6.07) is 21.8. The van der Waals surface area contributed by atoms with Crippen LogP contribution in [0, 0.1) is 26.7 Å². The molecular weight excluding hydrogens is 549 g/mol. The zero-order chi connectivity index (χ0) is 30.7. The van der Waals surface area contributed by atoms with Crippen molar-refractivity contribution in [3.63, 3.8) is 0 Å². The van der Waals surface area contributed by atoms with Crippen LogP contribution in [0.25, 0.3) is 27.6 Å². The predicted molar refractivity (Wildman–Crippen MR) is 180 cm³/mol. The molecule has 2 unspecified atom stereocenters. The quantitative estimate of drug-likeness (QED) is 0.220. The van der Waals surface area contributed by atoms with Crippen molar-refractivity contribution in [2.24, 2.45) is 10.9 Å². The number of hydrogen-bond acceptors (Lipinski definition) is 3. The largest absolute Gasteiger partial charge is 0.638 e. The number of rotatable bonds is 5. The van der Waals surface area contributed by atoms with Crippen molar-refractivity contribution in [2.45, 2.75) is 40.7 Å². The number of hydrogen-bond donors (Lipinski definition) is 0. The van der Waals surface area contributed by atoms with Crippen LogP contribution in [0.1, 0.15) is 36.1 Å². The SMILES string of the molecule is CCN(CC)c1ccc(C2=CC3C=CC4=Nc5ccc6cc(-c7c(C)cc(C)cc7C)ccc6[n+]5[B-](F)(F)N4C3C=C2)cc1. The molecule has 2 aliphatic heterocycles. The van der Waals surface area contributed by atoms with E-state index in [0.29, 0.717) is 11.4 Å². The van der Waals surface area contributed by atoms with Gasteiger partial charge in [0.1, 0.15) is 0 Å². The minimum Gasteiger partial charge on any atom is -0.415 e. The first kappa shape index (κ1) is 28.3. The molecule has 0 fully saturated rings. The molecule has 0 saturated heterocycles. The molecule has 0 saturated carbocycles. The third-order valence-corrected chi connectivity index (χ3v) is 9.41. The lowest BCUT2D eigenvalue weighted by Gasteiger charge is -2.47. The van der Waals surface area contributed by atoms with Crippen LogP contribution in [0.2, 0.25) is 0 Å². The highest BCUT2D eigenvalue weighted by Crippen LogP contribution is 2.38. The number of aliphatic imine (C=N–C) groups is 1. The van der Waals surface area contributed by atoms with Crippen molar-refractivity contribution >= 4 is 40.8 Å². The summed E-state index contributed by atoms with van der Waals surface area (Å²) in [4.78, 5) is 8.29. The lowest BCUT2D eigenvalue weighted by atomic mass is 9.78. The molecule has 7 heteroatoms. The highest BCUT2D eigenvalue weighted by atomic mass is 19.2. The van der Waals surface area contributed by atoms with Gasteiger partial charge in [0.25, 0.3) is 5.82 Å². The lowest BCUT2D eigenvalue weighted by Crippen LogP contribution is -2.75. The second-order valence-corrected chi connectivity index (χ2v) is 12.2. The average Bonchev–Trinajstić information content (AvgIpc) is 3.00. The smallest absolute Gasteiger partial charge is 0.415 e. The molecule has 0 bridgehead atoms. The Morgan fingerprint density at radius 1 is 0.841 bits per heavy atom. The van der Waals surface area contributed by atoms with Crippen molar-refractivity contribution in [3.05, 3.63) is 119 Å². The zero-order valence-corrected chi connectivity index (χ0v) is 25.9. The van der Waals surface area contributed by atoms with E-state index < -0.39 is 13.0 Å². The molecule has 0 spiro atoms. The molecule has 2 atom stereocenters. The summed E-state index contributed by atoms with van der Waals surface area (Å²) >= 11 is 0. The van der Waals surface area contributed by atoms with Gasteiger partial charge in [0.2, 0.25) is 5.84 Å². The van der Waals surface area contributed by atoms with E-state index in [1.165, 1.54) is 27.2 Å². The van der Waals surface area contributed by atoms with Gasteiger partial charge in [-0.2, -0.15) is 0 Å². The highest BCUT2D eigenvalue weighted by molar-refractivity contribution is 6.59. The first-order valence-corrected chi connectivity index (χ1v) is 15.6. The lowest BCUT2D eigenvalue weighted by molar-refractivity contribution is -0.534. The second kappa shape index (κ2) is 10.6. The molecule has 0 amide bonds. The molecule has 3 aromatic carbocycles. The summed E-state index contributed by atoms with van der Waals surface area (Å²) in [7, 11) is 0. The van der Waals surface area contributed by atoms with Gasteiger partial charge >= 0.3 is 6.97 Å². The van der Waals surface area contributed by atoms with E-state index in [-0.39, 0.29) is 11.7 Å². The number of aryl methyl sites for hydroxylation is 3. The second-order valence-electron chi connectivity index (χ2n) is 12.2. The number of pyridine rings is 1. The van der Waals surface area contributed by atoms with E-state index in [1.807, 2.05) is 42.5 Å². The Morgan fingerprint density at radius 2 is 1.55 bits per heavy atom. The van der Waals surface area contributed by atoms with Crippen molar-refractivity contribution in [3.8, 4) is 11.1 Å². The first-order chi connectivity index (χ1) is 21.2. The Morgan fingerprint density at radius 3 is 2.25 bits per heavy atom. The molecule has 44 heavy (non-hydrogen) atoms.